The molecule has 136 valence electrons. The summed E-state index contributed by atoms with van der Waals surface area (Å²) in [6.07, 6.45) is -4.94. The fourth-order valence-corrected chi connectivity index (χ4v) is 2.88. The Morgan fingerprint density at radius 1 is 1.00 bits per heavy atom. The molecule has 4 rings (SSSR count). The number of halogens is 3. The second-order valence-electron chi connectivity index (χ2n) is 6.09. The van der Waals surface area contributed by atoms with Crippen LogP contribution in [-0.2, 0) is 4.79 Å². The van der Waals surface area contributed by atoms with Crippen LogP contribution in [0.2, 0.25) is 0 Å². The highest BCUT2D eigenvalue weighted by Gasteiger charge is 2.41. The number of carbonyl (C=O) groups excluding carboxylic acids is 1. The number of anilines is 1. The van der Waals surface area contributed by atoms with Crippen LogP contribution in [0, 0.1) is 0 Å². The molecule has 0 radical (unpaired) electrons. The third-order valence-electron chi connectivity index (χ3n) is 4.30. The molecule has 1 aromatic heterocycles. The number of benzene rings is 3. The summed E-state index contributed by atoms with van der Waals surface area (Å²) in [6.45, 7) is 0. The third kappa shape index (κ3) is 3.12. The SMILES string of the molecule is CN(C(=O)C(F)(F)F)c1ccc2oc(-c3ccc4ccccc4c3)nc2c1. The van der Waals surface area contributed by atoms with E-state index in [0.717, 1.165) is 23.4 Å². The van der Waals surface area contributed by atoms with E-state index >= 15 is 0 Å². The molecular weight excluding hydrogens is 357 g/mol. The van der Waals surface area contributed by atoms with Crippen molar-refractivity contribution in [1.29, 1.82) is 0 Å². The van der Waals surface area contributed by atoms with Gasteiger partial charge in [0.25, 0.3) is 0 Å². The number of oxazole rings is 1. The summed E-state index contributed by atoms with van der Waals surface area (Å²) in [5, 5.41) is 2.10. The Morgan fingerprint density at radius 3 is 2.48 bits per heavy atom. The number of aromatic nitrogens is 1. The number of alkyl halides is 3. The van der Waals surface area contributed by atoms with Gasteiger partial charge in [-0.25, -0.2) is 4.98 Å². The molecule has 0 fully saturated rings. The zero-order valence-electron chi connectivity index (χ0n) is 14.1. The molecule has 0 aliphatic heterocycles. The van der Waals surface area contributed by atoms with Crippen molar-refractivity contribution in [2.24, 2.45) is 0 Å². The first-order valence-corrected chi connectivity index (χ1v) is 8.07. The number of rotatable bonds is 2. The predicted molar refractivity (Wildman–Crippen MR) is 96.4 cm³/mol. The molecular formula is C20H13F3N2O2. The van der Waals surface area contributed by atoms with Gasteiger partial charge >= 0.3 is 12.1 Å². The molecule has 7 heteroatoms. The van der Waals surface area contributed by atoms with Crippen LogP contribution in [-0.4, -0.2) is 24.1 Å². The van der Waals surface area contributed by atoms with Crippen LogP contribution in [0.15, 0.2) is 65.1 Å². The molecule has 0 saturated heterocycles. The van der Waals surface area contributed by atoms with E-state index in [9.17, 15) is 18.0 Å². The molecule has 4 aromatic rings. The van der Waals surface area contributed by atoms with Crippen LogP contribution in [0.1, 0.15) is 0 Å². The second-order valence-corrected chi connectivity index (χ2v) is 6.09. The molecule has 0 saturated carbocycles. The van der Waals surface area contributed by atoms with Gasteiger partial charge in [-0.1, -0.05) is 30.3 Å². The molecule has 0 N–H and O–H groups in total. The highest BCUT2D eigenvalue weighted by atomic mass is 19.4. The van der Waals surface area contributed by atoms with E-state index in [2.05, 4.69) is 4.98 Å². The Morgan fingerprint density at radius 2 is 1.74 bits per heavy atom. The van der Waals surface area contributed by atoms with Gasteiger partial charge in [0.05, 0.1) is 0 Å². The van der Waals surface area contributed by atoms with Crippen molar-refractivity contribution in [2.75, 3.05) is 11.9 Å². The van der Waals surface area contributed by atoms with E-state index in [4.69, 9.17) is 4.42 Å². The van der Waals surface area contributed by atoms with Crippen molar-refractivity contribution < 1.29 is 22.4 Å². The Labute approximate surface area is 151 Å². The van der Waals surface area contributed by atoms with Crippen LogP contribution in [0.25, 0.3) is 33.3 Å². The molecule has 1 amide bonds. The minimum atomic E-state index is -4.94. The van der Waals surface area contributed by atoms with Crippen molar-refractivity contribution >= 4 is 33.5 Å². The van der Waals surface area contributed by atoms with E-state index in [1.807, 2.05) is 42.5 Å². The average Bonchev–Trinajstić information content (AvgIpc) is 3.09. The van der Waals surface area contributed by atoms with Gasteiger partial charge in [-0.2, -0.15) is 13.2 Å². The Kier molecular flexibility index (Phi) is 3.87. The topological polar surface area (TPSA) is 46.3 Å². The van der Waals surface area contributed by atoms with Gasteiger partial charge in [0.2, 0.25) is 5.89 Å². The molecule has 3 aromatic carbocycles. The summed E-state index contributed by atoms with van der Waals surface area (Å²) < 4.78 is 43.6. The van der Waals surface area contributed by atoms with E-state index in [1.165, 1.54) is 18.2 Å². The van der Waals surface area contributed by atoms with Gasteiger partial charge in [-0.15, -0.1) is 0 Å². The normalized spacial score (nSPS) is 11.9. The van der Waals surface area contributed by atoms with Gasteiger partial charge in [-0.05, 0) is 41.1 Å². The summed E-state index contributed by atoms with van der Waals surface area (Å²) in [5.74, 6) is -1.59. The van der Waals surface area contributed by atoms with Gasteiger partial charge in [0, 0.05) is 18.3 Å². The lowest BCUT2D eigenvalue weighted by molar-refractivity contribution is -0.170. The Bertz CT molecular complexity index is 1160. The maximum atomic E-state index is 12.6. The average molecular weight is 370 g/mol. The van der Waals surface area contributed by atoms with Crippen LogP contribution >= 0.6 is 0 Å². The van der Waals surface area contributed by atoms with E-state index in [-0.39, 0.29) is 5.69 Å². The quantitative estimate of drug-likeness (QED) is 0.489. The fraction of sp³-hybridized carbons (Fsp3) is 0.100. The first-order chi connectivity index (χ1) is 12.8. The summed E-state index contributed by atoms with van der Waals surface area (Å²) in [6, 6.07) is 17.9. The van der Waals surface area contributed by atoms with E-state index < -0.39 is 12.1 Å². The molecule has 0 spiro atoms. The second kappa shape index (κ2) is 6.12. The Balaban J connectivity index is 1.73. The van der Waals surface area contributed by atoms with E-state index in [0.29, 0.717) is 21.9 Å². The third-order valence-corrected chi connectivity index (χ3v) is 4.30. The summed E-state index contributed by atoms with van der Waals surface area (Å²) in [5.41, 5.74) is 1.64. The smallest absolute Gasteiger partial charge is 0.436 e. The Hall–Kier alpha value is -3.35. The summed E-state index contributed by atoms with van der Waals surface area (Å²) >= 11 is 0. The van der Waals surface area contributed by atoms with Gasteiger partial charge in [-0.3, -0.25) is 4.79 Å². The lowest BCUT2D eigenvalue weighted by Crippen LogP contribution is -2.38. The zero-order valence-corrected chi connectivity index (χ0v) is 14.1. The molecule has 27 heavy (non-hydrogen) atoms. The zero-order chi connectivity index (χ0) is 19.2. The number of hydrogen-bond donors (Lipinski definition) is 0. The molecule has 0 aliphatic carbocycles. The number of nitrogens with zero attached hydrogens (tertiary/aromatic N) is 2. The van der Waals surface area contributed by atoms with Crippen molar-refractivity contribution in [2.45, 2.75) is 6.18 Å². The standard InChI is InChI=1S/C20H13F3N2O2/c1-25(19(26)20(21,22)23)15-8-9-17-16(11-15)24-18(27-17)14-7-6-12-4-2-3-5-13(12)10-14/h2-11H,1H3. The lowest BCUT2D eigenvalue weighted by atomic mass is 10.1. The number of fused-ring (bicyclic) bond motifs is 2. The van der Waals surface area contributed by atoms with Gasteiger partial charge < -0.3 is 9.32 Å². The van der Waals surface area contributed by atoms with Gasteiger partial charge in [0.1, 0.15) is 5.52 Å². The molecule has 1 heterocycles. The van der Waals surface area contributed by atoms with E-state index in [1.54, 1.807) is 0 Å². The van der Waals surface area contributed by atoms with Crippen molar-refractivity contribution in [3.63, 3.8) is 0 Å². The van der Waals surface area contributed by atoms with Crippen molar-refractivity contribution in [1.82, 2.24) is 4.98 Å². The first-order valence-electron chi connectivity index (χ1n) is 8.07. The maximum Gasteiger partial charge on any atom is 0.471 e. The molecule has 0 unspecified atom stereocenters. The molecule has 0 aliphatic rings. The van der Waals surface area contributed by atoms with Crippen LogP contribution < -0.4 is 4.90 Å². The molecule has 4 nitrogen and oxygen atoms in total. The number of hydrogen-bond acceptors (Lipinski definition) is 3. The minimum Gasteiger partial charge on any atom is -0.436 e. The lowest BCUT2D eigenvalue weighted by Gasteiger charge is -2.18. The molecule has 0 bridgehead atoms. The summed E-state index contributed by atoms with van der Waals surface area (Å²) in [7, 11) is 1.07. The fourth-order valence-electron chi connectivity index (χ4n) is 2.88. The van der Waals surface area contributed by atoms with Crippen molar-refractivity contribution in [3.05, 3.63) is 60.7 Å². The molecule has 0 atom stereocenters. The van der Waals surface area contributed by atoms with Crippen LogP contribution in [0.4, 0.5) is 18.9 Å². The van der Waals surface area contributed by atoms with Gasteiger partial charge in [0.15, 0.2) is 5.58 Å². The van der Waals surface area contributed by atoms with Crippen LogP contribution in [0.3, 0.4) is 0 Å². The highest BCUT2D eigenvalue weighted by Crippen LogP contribution is 2.30. The summed E-state index contributed by atoms with van der Waals surface area (Å²) in [4.78, 5) is 16.3. The predicted octanol–water partition coefficient (Wildman–Crippen LogP) is 5.17. The van der Waals surface area contributed by atoms with Crippen molar-refractivity contribution in [3.8, 4) is 11.5 Å². The number of amides is 1. The number of carbonyl (C=O) groups is 1. The largest absolute Gasteiger partial charge is 0.471 e. The highest BCUT2D eigenvalue weighted by molar-refractivity contribution is 5.98. The minimum absolute atomic E-state index is 0.0863. The van der Waals surface area contributed by atoms with Crippen LogP contribution in [0.5, 0.6) is 0 Å². The first kappa shape index (κ1) is 17.1. The maximum absolute atomic E-state index is 12.6. The monoisotopic (exact) mass is 370 g/mol.